The van der Waals surface area contributed by atoms with Crippen molar-refractivity contribution in [2.24, 2.45) is 4.99 Å². The topological polar surface area (TPSA) is 48.9 Å². The first-order chi connectivity index (χ1) is 11.6. The molecule has 0 aliphatic carbocycles. The lowest BCUT2D eigenvalue weighted by Gasteiger charge is -2.18. The van der Waals surface area contributed by atoms with Crippen molar-refractivity contribution in [2.75, 3.05) is 54.0 Å². The van der Waals surface area contributed by atoms with Gasteiger partial charge in [-0.25, -0.2) is 4.39 Å². The number of nitrogens with zero attached hydrogens (tertiary/aromatic N) is 2. The number of nitrogens with one attached hydrogen (secondary N) is 2. The molecule has 0 aliphatic rings. The van der Waals surface area contributed by atoms with Gasteiger partial charge in [0.05, 0.1) is 0 Å². The van der Waals surface area contributed by atoms with Crippen LogP contribution in [0.25, 0.3) is 0 Å². The average Bonchev–Trinajstić information content (AvgIpc) is 2.56. The molecule has 0 spiro atoms. The molecule has 24 heavy (non-hydrogen) atoms. The Hall–Kier alpha value is -1.37. The quantitative estimate of drug-likeness (QED) is 0.382. The number of methoxy groups -OCH3 is 1. The number of guanidine groups is 1. The van der Waals surface area contributed by atoms with E-state index in [1.807, 2.05) is 0 Å². The smallest absolute Gasteiger partial charge is 0.191 e. The van der Waals surface area contributed by atoms with Crippen molar-refractivity contribution >= 4 is 17.6 Å². The highest BCUT2D eigenvalue weighted by atomic mass is 35.5. The maximum atomic E-state index is 13.7. The minimum Gasteiger partial charge on any atom is -0.385 e. The molecule has 0 fully saturated rings. The number of rotatable bonds is 10. The maximum absolute atomic E-state index is 13.7. The summed E-state index contributed by atoms with van der Waals surface area (Å²) in [7, 11) is 5.51. The third-order valence-corrected chi connectivity index (χ3v) is 3.98. The standard InChI is InChI=1S/C17H28ClFN4O/c1-20-17(22-10-12-23(2)11-5-13-24-3)21-9-8-14-15(18)6-4-7-16(14)19/h4,6-7H,5,8-13H2,1-3H3,(H2,20,21,22). The number of aliphatic imine (C=N–C) groups is 1. The lowest BCUT2D eigenvalue weighted by Crippen LogP contribution is -2.41. The van der Waals surface area contributed by atoms with E-state index in [4.69, 9.17) is 16.3 Å². The fourth-order valence-electron chi connectivity index (χ4n) is 2.25. The van der Waals surface area contributed by atoms with E-state index < -0.39 is 0 Å². The van der Waals surface area contributed by atoms with E-state index in [-0.39, 0.29) is 5.82 Å². The van der Waals surface area contributed by atoms with Crippen LogP contribution in [0, 0.1) is 5.82 Å². The second-order valence-electron chi connectivity index (χ2n) is 5.53. The molecule has 5 nitrogen and oxygen atoms in total. The van der Waals surface area contributed by atoms with E-state index >= 15 is 0 Å². The van der Waals surface area contributed by atoms with Crippen LogP contribution < -0.4 is 10.6 Å². The molecule has 0 aromatic heterocycles. The van der Waals surface area contributed by atoms with Gasteiger partial charge in [-0.2, -0.15) is 0 Å². The molecular weight excluding hydrogens is 331 g/mol. The van der Waals surface area contributed by atoms with Gasteiger partial charge in [-0.1, -0.05) is 17.7 Å². The summed E-state index contributed by atoms with van der Waals surface area (Å²) < 4.78 is 18.7. The van der Waals surface area contributed by atoms with Gasteiger partial charge in [0.1, 0.15) is 5.82 Å². The Morgan fingerprint density at radius 3 is 2.71 bits per heavy atom. The van der Waals surface area contributed by atoms with Crippen LogP contribution >= 0.6 is 11.6 Å². The zero-order chi connectivity index (χ0) is 17.8. The molecule has 0 saturated heterocycles. The largest absolute Gasteiger partial charge is 0.385 e. The fourth-order valence-corrected chi connectivity index (χ4v) is 2.51. The number of hydrogen-bond acceptors (Lipinski definition) is 3. The number of hydrogen-bond donors (Lipinski definition) is 2. The van der Waals surface area contributed by atoms with Crippen molar-refractivity contribution in [3.63, 3.8) is 0 Å². The normalized spacial score (nSPS) is 11.8. The van der Waals surface area contributed by atoms with Gasteiger partial charge in [0.2, 0.25) is 0 Å². The van der Waals surface area contributed by atoms with Crippen molar-refractivity contribution in [1.82, 2.24) is 15.5 Å². The SMILES string of the molecule is CN=C(NCCc1c(F)cccc1Cl)NCCN(C)CCCOC. The zero-order valence-corrected chi connectivity index (χ0v) is 15.5. The van der Waals surface area contributed by atoms with E-state index in [0.717, 1.165) is 32.7 Å². The Bertz CT molecular complexity index is 493. The molecule has 7 heteroatoms. The minimum atomic E-state index is -0.273. The van der Waals surface area contributed by atoms with Crippen LogP contribution in [0.4, 0.5) is 4.39 Å². The van der Waals surface area contributed by atoms with Crippen LogP contribution in [0.3, 0.4) is 0 Å². The van der Waals surface area contributed by atoms with Crippen molar-refractivity contribution in [3.8, 4) is 0 Å². The summed E-state index contributed by atoms with van der Waals surface area (Å²) in [5, 5.41) is 6.87. The maximum Gasteiger partial charge on any atom is 0.191 e. The second kappa shape index (κ2) is 12.1. The molecule has 0 aliphatic heterocycles. The molecule has 0 bridgehead atoms. The van der Waals surface area contributed by atoms with Crippen molar-refractivity contribution in [3.05, 3.63) is 34.6 Å². The molecule has 1 aromatic carbocycles. The van der Waals surface area contributed by atoms with Crippen LogP contribution in [-0.4, -0.2) is 64.9 Å². The summed E-state index contributed by atoms with van der Waals surface area (Å²) in [6, 6.07) is 4.73. The molecular formula is C17H28ClFN4O. The Kier molecular flexibility index (Phi) is 10.4. The lowest BCUT2D eigenvalue weighted by atomic mass is 10.1. The van der Waals surface area contributed by atoms with Gasteiger partial charge >= 0.3 is 0 Å². The minimum absolute atomic E-state index is 0.273. The first-order valence-corrected chi connectivity index (χ1v) is 8.51. The van der Waals surface area contributed by atoms with Crippen LogP contribution in [0.2, 0.25) is 5.02 Å². The summed E-state index contributed by atoms with van der Waals surface area (Å²) in [5.74, 6) is 0.428. The lowest BCUT2D eigenvalue weighted by molar-refractivity contribution is 0.180. The molecule has 136 valence electrons. The number of halogens is 2. The van der Waals surface area contributed by atoms with Gasteiger partial charge in [-0.15, -0.1) is 0 Å². The first-order valence-electron chi connectivity index (χ1n) is 8.13. The van der Waals surface area contributed by atoms with Crippen molar-refractivity contribution < 1.29 is 9.13 Å². The van der Waals surface area contributed by atoms with Gasteiger partial charge in [-0.05, 0) is 32.0 Å². The molecule has 1 rings (SSSR count). The molecule has 0 saturated carbocycles. The zero-order valence-electron chi connectivity index (χ0n) is 14.7. The monoisotopic (exact) mass is 358 g/mol. The van der Waals surface area contributed by atoms with Crippen LogP contribution in [0.5, 0.6) is 0 Å². The Morgan fingerprint density at radius 2 is 2.04 bits per heavy atom. The molecule has 0 unspecified atom stereocenters. The van der Waals surface area contributed by atoms with E-state index in [0.29, 0.717) is 29.5 Å². The Labute approximate surface area is 149 Å². The summed E-state index contributed by atoms with van der Waals surface area (Å²) >= 11 is 6.02. The summed E-state index contributed by atoms with van der Waals surface area (Å²) in [4.78, 5) is 6.40. The van der Waals surface area contributed by atoms with Gasteiger partial charge < -0.3 is 20.3 Å². The van der Waals surface area contributed by atoms with Crippen molar-refractivity contribution in [1.29, 1.82) is 0 Å². The average molecular weight is 359 g/mol. The highest BCUT2D eigenvalue weighted by Gasteiger charge is 2.07. The third-order valence-electron chi connectivity index (χ3n) is 3.63. The van der Waals surface area contributed by atoms with Crippen LogP contribution in [0.1, 0.15) is 12.0 Å². The van der Waals surface area contributed by atoms with Gasteiger partial charge in [0.25, 0.3) is 0 Å². The highest BCUT2D eigenvalue weighted by molar-refractivity contribution is 6.31. The molecule has 2 N–H and O–H groups in total. The van der Waals surface area contributed by atoms with Gasteiger partial charge in [0.15, 0.2) is 5.96 Å². The molecule has 0 radical (unpaired) electrons. The summed E-state index contributed by atoms with van der Waals surface area (Å²) in [6.07, 6.45) is 1.52. The second-order valence-corrected chi connectivity index (χ2v) is 5.93. The fraction of sp³-hybridized carbons (Fsp3) is 0.588. The van der Waals surface area contributed by atoms with E-state index in [2.05, 4.69) is 27.6 Å². The highest BCUT2D eigenvalue weighted by Crippen LogP contribution is 2.18. The number of ether oxygens (including phenoxy) is 1. The van der Waals surface area contributed by atoms with Gasteiger partial charge in [0, 0.05) is 57.5 Å². The Balaban J connectivity index is 2.26. The molecule has 1 aromatic rings. The number of likely N-dealkylation sites (N-methyl/N-ethyl adjacent to an activating group) is 1. The summed E-state index contributed by atoms with van der Waals surface area (Å²) in [6.45, 7) is 4.02. The molecule has 0 atom stereocenters. The van der Waals surface area contributed by atoms with E-state index in [1.165, 1.54) is 6.07 Å². The first kappa shape index (κ1) is 20.7. The van der Waals surface area contributed by atoms with E-state index in [1.54, 1.807) is 26.3 Å². The van der Waals surface area contributed by atoms with Crippen molar-refractivity contribution in [2.45, 2.75) is 12.8 Å². The number of benzene rings is 1. The third kappa shape index (κ3) is 7.95. The predicted octanol–water partition coefficient (Wildman–Crippen LogP) is 2.15. The predicted molar refractivity (Wildman–Crippen MR) is 98.5 cm³/mol. The Morgan fingerprint density at radius 1 is 1.29 bits per heavy atom. The van der Waals surface area contributed by atoms with E-state index in [9.17, 15) is 4.39 Å². The van der Waals surface area contributed by atoms with Crippen LogP contribution in [0.15, 0.2) is 23.2 Å². The van der Waals surface area contributed by atoms with Gasteiger partial charge in [-0.3, -0.25) is 4.99 Å². The summed E-state index contributed by atoms with van der Waals surface area (Å²) in [5.41, 5.74) is 0.528. The molecule has 0 heterocycles. The molecule has 0 amide bonds. The van der Waals surface area contributed by atoms with Crippen LogP contribution in [-0.2, 0) is 11.2 Å².